The van der Waals surface area contributed by atoms with Gasteiger partial charge in [0, 0.05) is 19.2 Å². The van der Waals surface area contributed by atoms with Gasteiger partial charge in [-0.2, -0.15) is 0 Å². The molecule has 1 saturated carbocycles. The first-order valence-corrected chi connectivity index (χ1v) is 5.82. The summed E-state index contributed by atoms with van der Waals surface area (Å²) in [7, 11) is 0. The maximum atomic E-state index is 9.87. The number of aliphatic hydroxyl groups is 2. The van der Waals surface area contributed by atoms with E-state index in [1.807, 2.05) is 0 Å². The van der Waals surface area contributed by atoms with Crippen molar-refractivity contribution in [2.24, 2.45) is 0 Å². The third kappa shape index (κ3) is 3.23. The Morgan fingerprint density at radius 3 is 2.57 bits per heavy atom. The summed E-state index contributed by atoms with van der Waals surface area (Å²) >= 11 is 0. The lowest BCUT2D eigenvalue weighted by atomic mass is 9.91. The quantitative estimate of drug-likeness (QED) is 0.697. The summed E-state index contributed by atoms with van der Waals surface area (Å²) in [6, 6.07) is 0.334. The van der Waals surface area contributed by atoms with Crippen LogP contribution in [0.5, 0.6) is 0 Å². The summed E-state index contributed by atoms with van der Waals surface area (Å²) < 4.78 is 0. The number of hydrogen-bond acceptors (Lipinski definition) is 3. The van der Waals surface area contributed by atoms with Crippen molar-refractivity contribution in [3.63, 3.8) is 0 Å². The van der Waals surface area contributed by atoms with Crippen molar-refractivity contribution in [3.8, 4) is 0 Å². The SMILES string of the molecule is CCN(CCCO)[C@@H]1CCCC[C@H]1O. The number of nitrogens with zero attached hydrogens (tertiary/aromatic N) is 1. The van der Waals surface area contributed by atoms with E-state index in [-0.39, 0.29) is 12.7 Å². The molecule has 0 aliphatic heterocycles. The Kier molecular flexibility index (Phi) is 5.45. The molecule has 3 nitrogen and oxygen atoms in total. The number of hydrogen-bond donors (Lipinski definition) is 2. The normalized spacial score (nSPS) is 28.3. The molecule has 2 atom stereocenters. The molecule has 1 rings (SSSR count). The lowest BCUT2D eigenvalue weighted by molar-refractivity contribution is 0.0197. The topological polar surface area (TPSA) is 43.7 Å². The predicted octanol–water partition coefficient (Wildman–Crippen LogP) is 0.994. The van der Waals surface area contributed by atoms with Crippen LogP contribution in [0, 0.1) is 0 Å². The van der Waals surface area contributed by atoms with Crippen LogP contribution in [0.3, 0.4) is 0 Å². The lowest BCUT2D eigenvalue weighted by Gasteiger charge is -2.37. The molecule has 0 heterocycles. The van der Waals surface area contributed by atoms with E-state index >= 15 is 0 Å². The fourth-order valence-corrected chi connectivity index (χ4v) is 2.35. The maximum absolute atomic E-state index is 9.87. The molecule has 0 amide bonds. The highest BCUT2D eigenvalue weighted by Crippen LogP contribution is 2.23. The van der Waals surface area contributed by atoms with Gasteiger partial charge < -0.3 is 10.2 Å². The first-order valence-electron chi connectivity index (χ1n) is 5.82. The van der Waals surface area contributed by atoms with Crippen molar-refractivity contribution in [3.05, 3.63) is 0 Å². The van der Waals surface area contributed by atoms with Crippen LogP contribution in [-0.2, 0) is 0 Å². The van der Waals surface area contributed by atoms with E-state index in [9.17, 15) is 5.11 Å². The molecule has 0 aromatic carbocycles. The summed E-state index contributed by atoms with van der Waals surface area (Å²) in [6.07, 6.45) is 5.12. The highest BCUT2D eigenvalue weighted by atomic mass is 16.3. The molecule has 1 aliphatic rings. The Bertz CT molecular complexity index is 152. The van der Waals surface area contributed by atoms with E-state index < -0.39 is 0 Å². The lowest BCUT2D eigenvalue weighted by Crippen LogP contribution is -2.45. The predicted molar refractivity (Wildman–Crippen MR) is 57.2 cm³/mol. The van der Waals surface area contributed by atoms with E-state index in [4.69, 9.17) is 5.11 Å². The van der Waals surface area contributed by atoms with Crippen LogP contribution in [0.4, 0.5) is 0 Å². The summed E-state index contributed by atoms with van der Waals surface area (Å²) in [6.45, 7) is 4.26. The summed E-state index contributed by atoms with van der Waals surface area (Å²) in [5.74, 6) is 0. The van der Waals surface area contributed by atoms with E-state index in [0.717, 1.165) is 38.8 Å². The number of rotatable bonds is 5. The van der Waals surface area contributed by atoms with Crippen molar-refractivity contribution in [2.75, 3.05) is 19.7 Å². The van der Waals surface area contributed by atoms with Gasteiger partial charge in [-0.3, -0.25) is 4.90 Å². The Labute approximate surface area is 86.7 Å². The highest BCUT2D eigenvalue weighted by Gasteiger charge is 2.27. The smallest absolute Gasteiger partial charge is 0.0695 e. The minimum Gasteiger partial charge on any atom is -0.396 e. The average molecular weight is 201 g/mol. The minimum absolute atomic E-state index is 0.151. The Morgan fingerprint density at radius 2 is 2.00 bits per heavy atom. The van der Waals surface area contributed by atoms with Crippen LogP contribution < -0.4 is 0 Å². The zero-order chi connectivity index (χ0) is 10.4. The second-order valence-electron chi connectivity index (χ2n) is 4.12. The van der Waals surface area contributed by atoms with Crippen molar-refractivity contribution in [2.45, 2.75) is 51.2 Å². The van der Waals surface area contributed by atoms with Crippen molar-refractivity contribution in [1.29, 1.82) is 0 Å². The average Bonchev–Trinajstić information content (AvgIpc) is 2.21. The van der Waals surface area contributed by atoms with Crippen LogP contribution in [-0.4, -0.2) is 47.0 Å². The molecular formula is C11H23NO2. The number of aliphatic hydroxyl groups excluding tert-OH is 2. The van der Waals surface area contributed by atoms with Gasteiger partial charge in [0.05, 0.1) is 6.10 Å². The van der Waals surface area contributed by atoms with Crippen molar-refractivity contribution < 1.29 is 10.2 Å². The fourth-order valence-electron chi connectivity index (χ4n) is 2.35. The molecule has 0 saturated heterocycles. The molecule has 0 aromatic rings. The van der Waals surface area contributed by atoms with Crippen LogP contribution >= 0.6 is 0 Å². The second-order valence-corrected chi connectivity index (χ2v) is 4.12. The highest BCUT2D eigenvalue weighted by molar-refractivity contribution is 4.82. The van der Waals surface area contributed by atoms with Gasteiger partial charge >= 0.3 is 0 Å². The van der Waals surface area contributed by atoms with Gasteiger partial charge in [-0.25, -0.2) is 0 Å². The van der Waals surface area contributed by atoms with E-state index in [1.54, 1.807) is 0 Å². The molecule has 14 heavy (non-hydrogen) atoms. The van der Waals surface area contributed by atoms with Gasteiger partial charge in [0.15, 0.2) is 0 Å². The summed E-state index contributed by atoms with van der Waals surface area (Å²) in [5, 5.41) is 18.7. The van der Waals surface area contributed by atoms with Gasteiger partial charge in [-0.05, 0) is 25.8 Å². The zero-order valence-corrected chi connectivity index (χ0v) is 9.15. The van der Waals surface area contributed by atoms with Crippen LogP contribution in [0.1, 0.15) is 39.0 Å². The molecule has 0 unspecified atom stereocenters. The van der Waals surface area contributed by atoms with Crippen LogP contribution in [0.15, 0.2) is 0 Å². The molecule has 0 spiro atoms. The van der Waals surface area contributed by atoms with Gasteiger partial charge in [-0.1, -0.05) is 19.8 Å². The first-order chi connectivity index (χ1) is 6.79. The monoisotopic (exact) mass is 201 g/mol. The third-order valence-electron chi connectivity index (χ3n) is 3.17. The first kappa shape index (κ1) is 12.0. The Morgan fingerprint density at radius 1 is 1.29 bits per heavy atom. The van der Waals surface area contributed by atoms with Crippen LogP contribution in [0.25, 0.3) is 0 Å². The van der Waals surface area contributed by atoms with E-state index in [2.05, 4.69) is 11.8 Å². The zero-order valence-electron chi connectivity index (χ0n) is 9.15. The third-order valence-corrected chi connectivity index (χ3v) is 3.17. The Balaban J connectivity index is 2.40. The maximum Gasteiger partial charge on any atom is 0.0695 e. The van der Waals surface area contributed by atoms with Crippen molar-refractivity contribution in [1.82, 2.24) is 4.90 Å². The van der Waals surface area contributed by atoms with Crippen molar-refractivity contribution >= 4 is 0 Å². The Hall–Kier alpha value is -0.120. The molecule has 1 fully saturated rings. The molecule has 84 valence electrons. The molecular weight excluding hydrogens is 178 g/mol. The number of likely N-dealkylation sites (N-methyl/N-ethyl adjacent to an activating group) is 1. The minimum atomic E-state index is -0.151. The second kappa shape index (κ2) is 6.38. The summed E-state index contributed by atoms with van der Waals surface area (Å²) in [5.41, 5.74) is 0. The standard InChI is InChI=1S/C11H23NO2/c1-2-12(8-5-9-13)10-6-3-4-7-11(10)14/h10-11,13-14H,2-9H2,1H3/t10-,11-/m1/s1. The van der Waals surface area contributed by atoms with Gasteiger partial charge in [0.1, 0.15) is 0 Å². The fraction of sp³-hybridized carbons (Fsp3) is 1.00. The molecule has 1 aliphatic carbocycles. The molecule has 0 radical (unpaired) electrons. The van der Waals surface area contributed by atoms with E-state index in [0.29, 0.717) is 6.04 Å². The van der Waals surface area contributed by atoms with Gasteiger partial charge in [0.25, 0.3) is 0 Å². The largest absolute Gasteiger partial charge is 0.396 e. The van der Waals surface area contributed by atoms with Gasteiger partial charge in [0.2, 0.25) is 0 Å². The molecule has 0 aromatic heterocycles. The van der Waals surface area contributed by atoms with Gasteiger partial charge in [-0.15, -0.1) is 0 Å². The van der Waals surface area contributed by atoms with E-state index in [1.165, 1.54) is 6.42 Å². The molecule has 3 heteroatoms. The molecule has 2 N–H and O–H groups in total. The van der Waals surface area contributed by atoms with Crippen LogP contribution in [0.2, 0.25) is 0 Å². The molecule has 0 bridgehead atoms. The summed E-state index contributed by atoms with van der Waals surface area (Å²) in [4.78, 5) is 2.31.